The molecule has 3 fully saturated rings. The molecule has 4 nitrogen and oxygen atoms in total. The molecule has 0 aromatic carbocycles. The monoisotopic (exact) mass is 362 g/mol. The molecule has 3 rings (SSSR count). The fraction of sp³-hybridized carbons (Fsp3) is 0.864. The van der Waals surface area contributed by atoms with Gasteiger partial charge in [-0.15, -0.1) is 0 Å². The van der Waals surface area contributed by atoms with E-state index >= 15 is 0 Å². The molecule has 0 unspecified atom stereocenters. The van der Waals surface area contributed by atoms with Crippen molar-refractivity contribution in [3.63, 3.8) is 0 Å². The van der Waals surface area contributed by atoms with Crippen LogP contribution in [0.5, 0.6) is 0 Å². The van der Waals surface area contributed by atoms with Gasteiger partial charge < -0.3 is 15.7 Å². The van der Waals surface area contributed by atoms with Crippen molar-refractivity contribution in [2.75, 3.05) is 13.2 Å². The van der Waals surface area contributed by atoms with Gasteiger partial charge in [-0.05, 0) is 62.4 Å². The van der Waals surface area contributed by atoms with Crippen molar-refractivity contribution in [2.45, 2.75) is 83.7 Å². The average molecular weight is 363 g/mol. The van der Waals surface area contributed by atoms with E-state index in [-0.39, 0.29) is 5.41 Å². The summed E-state index contributed by atoms with van der Waals surface area (Å²) >= 11 is 0. The lowest BCUT2D eigenvalue weighted by Crippen LogP contribution is -2.50. The van der Waals surface area contributed by atoms with Crippen molar-refractivity contribution in [2.24, 2.45) is 34.1 Å². The van der Waals surface area contributed by atoms with E-state index in [1.54, 1.807) is 6.21 Å². The molecule has 4 heteroatoms. The Morgan fingerprint density at radius 2 is 1.92 bits per heavy atom. The van der Waals surface area contributed by atoms with Crippen LogP contribution in [0.1, 0.15) is 78.1 Å². The molecule has 26 heavy (non-hydrogen) atoms. The molecule has 0 aromatic rings. The van der Waals surface area contributed by atoms with Gasteiger partial charge in [-0.2, -0.15) is 0 Å². The summed E-state index contributed by atoms with van der Waals surface area (Å²) in [5, 5.41) is 15.6. The van der Waals surface area contributed by atoms with Crippen molar-refractivity contribution >= 4 is 6.21 Å². The van der Waals surface area contributed by atoms with Crippen molar-refractivity contribution in [1.29, 1.82) is 0 Å². The predicted octanol–water partition coefficient (Wildman–Crippen LogP) is 4.42. The zero-order valence-corrected chi connectivity index (χ0v) is 16.8. The minimum atomic E-state index is -0.484. The largest absolute Gasteiger partial charge is 0.394 e. The lowest BCUT2D eigenvalue weighted by molar-refractivity contribution is -0.117. The van der Waals surface area contributed by atoms with Crippen LogP contribution in [0.4, 0.5) is 0 Å². The first-order valence-electron chi connectivity index (χ1n) is 10.7. The highest BCUT2D eigenvalue weighted by Gasteiger charge is 2.58. The van der Waals surface area contributed by atoms with Gasteiger partial charge in [0.25, 0.3) is 0 Å². The third kappa shape index (κ3) is 4.01. The first-order valence-corrected chi connectivity index (χ1v) is 10.7. The Morgan fingerprint density at radius 1 is 1.15 bits per heavy atom. The molecular formula is C22H38N2O2. The number of nitrogens with two attached hydrogens (primary N) is 1. The summed E-state index contributed by atoms with van der Waals surface area (Å²) in [4.78, 5) is 5.10. The standard InChI is InChI=1S/C22H38N2O2/c1-17(16-24-26-13-12-23)14-20-9-11-22(25)15-19(8-10-21(20,22)2)18-6-4-3-5-7-18/h14,16,18-20,25H,3-13,15,23H2,1-2H3/b17-14+,24-16+/t19-,20+,21+,22-/m0/s1. The van der Waals surface area contributed by atoms with E-state index in [4.69, 9.17) is 10.6 Å². The number of fused-ring (bicyclic) bond motifs is 1. The molecule has 3 aliphatic rings. The van der Waals surface area contributed by atoms with Crippen molar-refractivity contribution in [3.05, 3.63) is 11.6 Å². The molecule has 3 saturated carbocycles. The van der Waals surface area contributed by atoms with Gasteiger partial charge in [0.15, 0.2) is 0 Å². The molecule has 0 radical (unpaired) electrons. The minimum absolute atomic E-state index is 0.00534. The zero-order valence-electron chi connectivity index (χ0n) is 16.8. The van der Waals surface area contributed by atoms with Crippen LogP contribution in [0.2, 0.25) is 0 Å². The molecule has 0 saturated heterocycles. The summed E-state index contributed by atoms with van der Waals surface area (Å²) in [5.41, 5.74) is 6.05. The molecule has 4 atom stereocenters. The number of aliphatic hydroxyl groups is 1. The molecule has 0 bridgehead atoms. The second-order valence-corrected chi connectivity index (χ2v) is 9.26. The molecule has 148 valence electrons. The lowest BCUT2D eigenvalue weighted by Gasteiger charge is -2.51. The van der Waals surface area contributed by atoms with Gasteiger partial charge in [-0.1, -0.05) is 50.3 Å². The normalized spacial score (nSPS) is 39.3. The van der Waals surface area contributed by atoms with Crippen LogP contribution in [0, 0.1) is 23.2 Å². The quantitative estimate of drug-likeness (QED) is 0.417. The summed E-state index contributed by atoms with van der Waals surface area (Å²) in [5.74, 6) is 2.03. The molecule has 0 amide bonds. The topological polar surface area (TPSA) is 67.8 Å². The molecule has 0 spiro atoms. The van der Waals surface area contributed by atoms with Gasteiger partial charge in [0, 0.05) is 12.0 Å². The van der Waals surface area contributed by atoms with Gasteiger partial charge in [0.1, 0.15) is 6.61 Å². The maximum absolute atomic E-state index is 11.6. The van der Waals surface area contributed by atoms with Crippen LogP contribution in [0.15, 0.2) is 16.8 Å². The van der Waals surface area contributed by atoms with E-state index in [2.05, 4.69) is 25.1 Å². The van der Waals surface area contributed by atoms with Gasteiger partial charge in [0.2, 0.25) is 0 Å². The fourth-order valence-electron chi connectivity index (χ4n) is 5.98. The Morgan fingerprint density at radius 3 is 2.65 bits per heavy atom. The first kappa shape index (κ1) is 19.9. The summed E-state index contributed by atoms with van der Waals surface area (Å²) in [6.07, 6.45) is 16.6. The van der Waals surface area contributed by atoms with E-state index in [9.17, 15) is 5.11 Å². The third-order valence-electron chi connectivity index (χ3n) is 7.71. The highest BCUT2D eigenvalue weighted by Crippen LogP contribution is 2.61. The SMILES string of the molecule is CC(/C=N/OCCN)=C\[C@H]1CC[C@]2(O)C[C@@H](C3CCCCC3)CC[C@]12C. The van der Waals surface area contributed by atoms with E-state index < -0.39 is 5.60 Å². The van der Waals surface area contributed by atoms with Crippen molar-refractivity contribution in [3.8, 4) is 0 Å². The third-order valence-corrected chi connectivity index (χ3v) is 7.71. The van der Waals surface area contributed by atoms with Crippen LogP contribution in [0.3, 0.4) is 0 Å². The van der Waals surface area contributed by atoms with Crippen molar-refractivity contribution < 1.29 is 9.94 Å². The van der Waals surface area contributed by atoms with Gasteiger partial charge in [-0.25, -0.2) is 0 Å². The highest BCUT2D eigenvalue weighted by atomic mass is 16.6. The number of nitrogens with zero attached hydrogens (tertiary/aromatic N) is 1. The average Bonchev–Trinajstić information content (AvgIpc) is 2.90. The summed E-state index contributed by atoms with van der Waals surface area (Å²) in [6.45, 7) is 5.33. The molecule has 3 aliphatic carbocycles. The minimum Gasteiger partial charge on any atom is -0.394 e. The second-order valence-electron chi connectivity index (χ2n) is 9.26. The Labute approximate surface area is 159 Å². The molecular weight excluding hydrogens is 324 g/mol. The van der Waals surface area contributed by atoms with E-state index in [0.717, 1.165) is 43.1 Å². The molecule has 0 heterocycles. The Bertz CT molecular complexity index is 526. The van der Waals surface area contributed by atoms with Crippen LogP contribution in [-0.4, -0.2) is 30.1 Å². The van der Waals surface area contributed by atoms with E-state index in [1.165, 1.54) is 38.5 Å². The number of allylic oxidation sites excluding steroid dienone is 2. The Balaban J connectivity index is 1.65. The van der Waals surface area contributed by atoms with E-state index in [0.29, 0.717) is 19.1 Å². The summed E-state index contributed by atoms with van der Waals surface area (Å²) in [6, 6.07) is 0. The number of hydrogen-bond acceptors (Lipinski definition) is 4. The smallest absolute Gasteiger partial charge is 0.129 e. The van der Waals surface area contributed by atoms with Crippen LogP contribution < -0.4 is 5.73 Å². The lowest BCUT2D eigenvalue weighted by atomic mass is 9.57. The summed E-state index contributed by atoms with van der Waals surface area (Å²) in [7, 11) is 0. The van der Waals surface area contributed by atoms with Crippen LogP contribution >= 0.6 is 0 Å². The summed E-state index contributed by atoms with van der Waals surface area (Å²) < 4.78 is 0. The van der Waals surface area contributed by atoms with Crippen LogP contribution in [0.25, 0.3) is 0 Å². The van der Waals surface area contributed by atoms with Gasteiger partial charge in [0.05, 0.1) is 11.8 Å². The van der Waals surface area contributed by atoms with Crippen LogP contribution in [-0.2, 0) is 4.84 Å². The Kier molecular flexibility index (Phi) is 6.45. The number of hydrogen-bond donors (Lipinski definition) is 2. The van der Waals surface area contributed by atoms with Crippen molar-refractivity contribution in [1.82, 2.24) is 0 Å². The first-order chi connectivity index (χ1) is 12.5. The maximum Gasteiger partial charge on any atom is 0.129 e. The van der Waals surface area contributed by atoms with Gasteiger partial charge in [-0.3, -0.25) is 0 Å². The molecule has 3 N–H and O–H groups in total. The predicted molar refractivity (Wildman–Crippen MR) is 107 cm³/mol. The number of rotatable bonds is 6. The Hall–Kier alpha value is -0.870. The zero-order chi connectivity index (χ0) is 18.6. The fourth-order valence-corrected chi connectivity index (χ4v) is 5.98. The van der Waals surface area contributed by atoms with Gasteiger partial charge >= 0.3 is 0 Å². The second kappa shape index (κ2) is 8.43. The molecule has 0 aromatic heterocycles. The highest BCUT2D eigenvalue weighted by molar-refractivity contribution is 5.77. The maximum atomic E-state index is 11.6. The number of oxime groups is 1. The molecule has 0 aliphatic heterocycles. The van der Waals surface area contributed by atoms with E-state index in [1.807, 2.05) is 0 Å².